The monoisotopic (exact) mass is 258 g/mol. The van der Waals surface area contributed by atoms with Gasteiger partial charge in [0.25, 0.3) is 0 Å². The lowest BCUT2D eigenvalue weighted by Gasteiger charge is -1.94. The summed E-state index contributed by atoms with van der Waals surface area (Å²) < 4.78 is 8.25. The van der Waals surface area contributed by atoms with Crippen molar-refractivity contribution in [2.24, 2.45) is 0 Å². The van der Waals surface area contributed by atoms with Gasteiger partial charge in [0.15, 0.2) is 12.7 Å². The van der Waals surface area contributed by atoms with E-state index in [1.165, 1.54) is 27.6 Å². The van der Waals surface area contributed by atoms with E-state index in [-0.39, 0.29) is 0 Å². The van der Waals surface area contributed by atoms with Crippen LogP contribution in [0.1, 0.15) is 5.56 Å². The minimum Gasteiger partial charge on any atom is -0.456 e. The fourth-order valence-corrected chi connectivity index (χ4v) is 3.22. The minimum absolute atomic E-state index is 0.929. The van der Waals surface area contributed by atoms with E-state index in [1.54, 1.807) is 0 Å². The van der Waals surface area contributed by atoms with E-state index in [4.69, 9.17) is 4.42 Å². The second-order valence-electron chi connectivity index (χ2n) is 5.32. The lowest BCUT2D eigenvalue weighted by atomic mass is 10.0. The highest BCUT2D eigenvalue weighted by Crippen LogP contribution is 2.35. The van der Waals surface area contributed by atoms with Gasteiger partial charge in [-0.2, -0.15) is 4.57 Å². The van der Waals surface area contributed by atoms with Crippen molar-refractivity contribution >= 4 is 21.9 Å². The zero-order valence-corrected chi connectivity index (χ0v) is 10.8. The Morgan fingerprint density at radius 2 is 1.75 bits per heavy atom. The first-order chi connectivity index (χ1) is 9.90. The van der Waals surface area contributed by atoms with E-state index in [1.807, 2.05) is 12.1 Å². The molecule has 0 saturated heterocycles. The third kappa shape index (κ3) is 1.21. The van der Waals surface area contributed by atoms with Crippen LogP contribution in [0.3, 0.4) is 0 Å². The molecule has 0 amide bonds. The van der Waals surface area contributed by atoms with Crippen molar-refractivity contribution in [2.75, 3.05) is 0 Å². The molecule has 4 aromatic rings. The molecule has 2 nitrogen and oxygen atoms in total. The molecule has 1 aliphatic rings. The maximum atomic E-state index is 5.97. The first kappa shape index (κ1) is 10.2. The lowest BCUT2D eigenvalue weighted by molar-refractivity contribution is -0.672. The fourth-order valence-electron chi connectivity index (χ4n) is 3.22. The van der Waals surface area contributed by atoms with Crippen LogP contribution in [0, 0.1) is 0 Å². The molecule has 0 fully saturated rings. The van der Waals surface area contributed by atoms with E-state index in [0.717, 1.165) is 17.7 Å². The molecular weight excluding hydrogens is 246 g/mol. The maximum Gasteiger partial charge on any atom is 0.213 e. The Hall–Kier alpha value is -2.61. The van der Waals surface area contributed by atoms with Crippen LogP contribution >= 0.6 is 0 Å². The van der Waals surface area contributed by atoms with E-state index in [9.17, 15) is 0 Å². The summed E-state index contributed by atoms with van der Waals surface area (Å²) in [6.07, 6.45) is 2.13. The van der Waals surface area contributed by atoms with Crippen LogP contribution in [0.4, 0.5) is 0 Å². The number of furan rings is 1. The quantitative estimate of drug-likeness (QED) is 0.385. The van der Waals surface area contributed by atoms with Crippen molar-refractivity contribution in [1.82, 2.24) is 0 Å². The molecule has 0 radical (unpaired) electrons. The van der Waals surface area contributed by atoms with Gasteiger partial charge >= 0.3 is 0 Å². The van der Waals surface area contributed by atoms with Gasteiger partial charge in [0.1, 0.15) is 11.2 Å². The Morgan fingerprint density at radius 3 is 2.75 bits per heavy atom. The summed E-state index contributed by atoms with van der Waals surface area (Å²) in [5.41, 5.74) is 5.90. The van der Waals surface area contributed by atoms with E-state index < -0.39 is 0 Å². The van der Waals surface area contributed by atoms with E-state index in [2.05, 4.69) is 53.2 Å². The molecule has 1 aliphatic heterocycles. The number of hydrogen-bond acceptors (Lipinski definition) is 1. The highest BCUT2D eigenvalue weighted by molar-refractivity contribution is 6.06. The van der Waals surface area contributed by atoms with Gasteiger partial charge in [-0.05, 0) is 24.3 Å². The molecule has 5 rings (SSSR count). The molecule has 0 spiro atoms. The first-order valence-corrected chi connectivity index (χ1v) is 6.83. The summed E-state index contributed by atoms with van der Waals surface area (Å²) in [5.74, 6) is 0. The van der Waals surface area contributed by atoms with Crippen molar-refractivity contribution in [2.45, 2.75) is 6.54 Å². The van der Waals surface area contributed by atoms with Crippen LogP contribution in [0.25, 0.3) is 33.2 Å². The number of hydrogen-bond donors (Lipinski definition) is 0. The Bertz CT molecular complexity index is 981. The van der Waals surface area contributed by atoms with E-state index in [0.29, 0.717) is 0 Å². The lowest BCUT2D eigenvalue weighted by Crippen LogP contribution is -2.31. The van der Waals surface area contributed by atoms with Crippen molar-refractivity contribution in [3.63, 3.8) is 0 Å². The molecule has 2 heteroatoms. The Balaban J connectivity index is 1.91. The summed E-state index contributed by atoms with van der Waals surface area (Å²) in [7, 11) is 0. The fraction of sp³-hybridized carbons (Fsp3) is 0.0556. The predicted molar refractivity (Wildman–Crippen MR) is 78.5 cm³/mol. The number of rotatable bonds is 0. The first-order valence-electron chi connectivity index (χ1n) is 6.83. The smallest absolute Gasteiger partial charge is 0.213 e. The molecule has 94 valence electrons. The van der Waals surface area contributed by atoms with Gasteiger partial charge in [-0.1, -0.05) is 18.2 Å². The van der Waals surface area contributed by atoms with Gasteiger partial charge in [0.05, 0.1) is 5.56 Å². The third-order valence-electron chi connectivity index (χ3n) is 4.16. The van der Waals surface area contributed by atoms with Crippen molar-refractivity contribution < 1.29 is 8.98 Å². The van der Waals surface area contributed by atoms with Crippen molar-refractivity contribution in [3.05, 3.63) is 66.4 Å². The predicted octanol–water partition coefficient (Wildman–Crippen LogP) is 3.90. The highest BCUT2D eigenvalue weighted by Gasteiger charge is 2.26. The number of aromatic nitrogens is 1. The van der Waals surface area contributed by atoms with Crippen LogP contribution < -0.4 is 4.57 Å². The Kier molecular flexibility index (Phi) is 1.78. The van der Waals surface area contributed by atoms with Crippen LogP contribution in [0.5, 0.6) is 0 Å². The van der Waals surface area contributed by atoms with Crippen LogP contribution in [0.15, 0.2) is 65.2 Å². The molecule has 2 aromatic heterocycles. The van der Waals surface area contributed by atoms with Gasteiger partial charge in [-0.25, -0.2) is 0 Å². The van der Waals surface area contributed by atoms with Crippen LogP contribution in [-0.4, -0.2) is 0 Å². The SMILES string of the molecule is c1cc[n+]2c(c1)-c1cc3c(cc1C2)oc1ccccc13. The molecule has 2 aromatic carbocycles. The van der Waals surface area contributed by atoms with Crippen LogP contribution in [0.2, 0.25) is 0 Å². The molecule has 0 atom stereocenters. The summed E-state index contributed by atoms with van der Waals surface area (Å²) >= 11 is 0. The van der Waals surface area contributed by atoms with Crippen molar-refractivity contribution in [3.8, 4) is 11.3 Å². The summed E-state index contributed by atoms with van der Waals surface area (Å²) in [4.78, 5) is 0. The number of pyridine rings is 1. The third-order valence-corrected chi connectivity index (χ3v) is 4.16. The Labute approximate surface area is 115 Å². The average molecular weight is 258 g/mol. The number of nitrogens with zero attached hydrogens (tertiary/aromatic N) is 1. The van der Waals surface area contributed by atoms with E-state index >= 15 is 0 Å². The zero-order chi connectivity index (χ0) is 13.1. The highest BCUT2D eigenvalue weighted by atomic mass is 16.3. The molecule has 0 aliphatic carbocycles. The number of para-hydroxylation sites is 1. The summed E-state index contributed by atoms with van der Waals surface area (Å²) in [6, 6.07) is 19.1. The van der Waals surface area contributed by atoms with Gasteiger partial charge < -0.3 is 4.42 Å². The minimum atomic E-state index is 0.929. The molecular formula is C18H12NO+. The number of benzene rings is 2. The second-order valence-corrected chi connectivity index (χ2v) is 5.32. The van der Waals surface area contributed by atoms with Gasteiger partial charge in [0, 0.05) is 28.5 Å². The molecule has 0 bridgehead atoms. The molecule has 0 N–H and O–H groups in total. The standard InChI is InChI=1S/C18H12NO/c1-2-7-17-13(5-1)15-10-14-12(9-18(15)20-17)11-19-8-4-3-6-16(14)19/h1-10H,11H2/q+1. The summed E-state index contributed by atoms with van der Waals surface area (Å²) in [5, 5.41) is 2.40. The van der Waals surface area contributed by atoms with Gasteiger partial charge in [0.2, 0.25) is 5.69 Å². The average Bonchev–Trinajstić information content (AvgIpc) is 3.02. The largest absolute Gasteiger partial charge is 0.456 e. The summed E-state index contributed by atoms with van der Waals surface area (Å²) in [6.45, 7) is 0.929. The molecule has 3 heterocycles. The molecule has 0 unspecified atom stereocenters. The normalized spacial score (nSPS) is 12.8. The van der Waals surface area contributed by atoms with Gasteiger partial charge in [-0.3, -0.25) is 0 Å². The molecule has 0 saturated carbocycles. The topological polar surface area (TPSA) is 17.0 Å². The van der Waals surface area contributed by atoms with Crippen LogP contribution in [-0.2, 0) is 6.54 Å². The second kappa shape index (κ2) is 3.48. The maximum absolute atomic E-state index is 5.97. The Morgan fingerprint density at radius 1 is 0.850 bits per heavy atom. The number of fused-ring (bicyclic) bond motifs is 6. The van der Waals surface area contributed by atoms with Gasteiger partial charge in [-0.15, -0.1) is 0 Å². The van der Waals surface area contributed by atoms with Crippen molar-refractivity contribution in [1.29, 1.82) is 0 Å². The zero-order valence-electron chi connectivity index (χ0n) is 10.8. The molecule has 20 heavy (non-hydrogen) atoms.